The van der Waals surface area contributed by atoms with E-state index in [2.05, 4.69) is 24.1 Å². The third kappa shape index (κ3) is 4.57. The molecule has 0 saturated carbocycles. The summed E-state index contributed by atoms with van der Waals surface area (Å²) < 4.78 is 0. The maximum Gasteiger partial charge on any atom is 0.251 e. The molecule has 4 heteroatoms. The predicted molar refractivity (Wildman–Crippen MR) is 95.9 cm³/mol. The van der Waals surface area contributed by atoms with E-state index >= 15 is 0 Å². The van der Waals surface area contributed by atoms with Gasteiger partial charge >= 0.3 is 0 Å². The van der Waals surface area contributed by atoms with E-state index < -0.39 is 0 Å². The molecule has 1 unspecified atom stereocenters. The van der Waals surface area contributed by atoms with Crippen molar-refractivity contribution in [2.45, 2.75) is 19.9 Å². The first-order valence-electron chi connectivity index (χ1n) is 7.99. The number of hydrogen-bond donors (Lipinski definition) is 1. The second-order valence-corrected chi connectivity index (χ2v) is 5.74. The molecule has 0 saturated heterocycles. The number of nitrogens with zero attached hydrogens (tertiary/aromatic N) is 1. The average molecular weight is 331 g/mol. The molecule has 0 aliphatic carbocycles. The number of nitrogens with one attached hydrogen (secondary N) is 1. The van der Waals surface area contributed by atoms with E-state index in [4.69, 9.17) is 11.6 Å². The molecule has 0 fully saturated rings. The van der Waals surface area contributed by atoms with Crippen LogP contribution >= 0.6 is 11.6 Å². The Morgan fingerprint density at radius 1 is 1.04 bits per heavy atom. The Bertz CT molecular complexity index is 626. The van der Waals surface area contributed by atoms with Gasteiger partial charge in [0.25, 0.3) is 5.91 Å². The first kappa shape index (κ1) is 17.5. The van der Waals surface area contributed by atoms with Crippen molar-refractivity contribution in [2.24, 2.45) is 0 Å². The van der Waals surface area contributed by atoms with Crippen molar-refractivity contribution >= 4 is 17.5 Å². The number of carbonyl (C=O) groups is 1. The maximum atomic E-state index is 12.3. The SMILES string of the molecule is CCN(CC)C(CNC(=O)c1ccccc1)c1ccccc1Cl. The van der Waals surface area contributed by atoms with Crippen LogP contribution in [-0.4, -0.2) is 30.4 Å². The van der Waals surface area contributed by atoms with Crippen LogP contribution in [0.5, 0.6) is 0 Å². The van der Waals surface area contributed by atoms with Crippen LogP contribution in [0.25, 0.3) is 0 Å². The minimum atomic E-state index is -0.0604. The predicted octanol–water partition coefficient (Wildman–Crippen LogP) is 4.15. The highest BCUT2D eigenvalue weighted by Gasteiger charge is 2.21. The first-order chi connectivity index (χ1) is 11.2. The van der Waals surface area contributed by atoms with Gasteiger partial charge in [0.15, 0.2) is 0 Å². The second kappa shape index (κ2) is 8.70. The fraction of sp³-hybridized carbons (Fsp3) is 0.316. The number of amides is 1. The van der Waals surface area contributed by atoms with Gasteiger partial charge in [-0.25, -0.2) is 0 Å². The van der Waals surface area contributed by atoms with Gasteiger partial charge in [0.2, 0.25) is 0 Å². The van der Waals surface area contributed by atoms with Gasteiger partial charge < -0.3 is 5.32 Å². The van der Waals surface area contributed by atoms with E-state index in [1.165, 1.54) is 0 Å². The summed E-state index contributed by atoms with van der Waals surface area (Å²) >= 11 is 6.37. The summed E-state index contributed by atoms with van der Waals surface area (Å²) in [5.41, 5.74) is 1.72. The van der Waals surface area contributed by atoms with Crippen molar-refractivity contribution in [3.8, 4) is 0 Å². The number of likely N-dealkylation sites (N-methyl/N-ethyl adjacent to an activating group) is 1. The molecule has 122 valence electrons. The minimum absolute atomic E-state index is 0.0604. The smallest absolute Gasteiger partial charge is 0.251 e. The van der Waals surface area contributed by atoms with E-state index in [0.717, 1.165) is 23.7 Å². The molecule has 0 radical (unpaired) electrons. The molecule has 0 heterocycles. The number of carbonyl (C=O) groups excluding carboxylic acids is 1. The Balaban J connectivity index is 2.15. The fourth-order valence-electron chi connectivity index (χ4n) is 2.73. The van der Waals surface area contributed by atoms with Crippen LogP contribution in [0, 0.1) is 0 Å². The Morgan fingerprint density at radius 3 is 2.26 bits per heavy atom. The lowest BCUT2D eigenvalue weighted by Crippen LogP contribution is -2.38. The summed E-state index contributed by atoms with van der Waals surface area (Å²) in [6.07, 6.45) is 0. The van der Waals surface area contributed by atoms with E-state index in [-0.39, 0.29) is 11.9 Å². The van der Waals surface area contributed by atoms with Gasteiger partial charge in [0, 0.05) is 17.1 Å². The molecule has 1 atom stereocenters. The van der Waals surface area contributed by atoms with E-state index in [9.17, 15) is 4.79 Å². The van der Waals surface area contributed by atoms with Gasteiger partial charge in [-0.2, -0.15) is 0 Å². The van der Waals surface area contributed by atoms with Gasteiger partial charge in [0.1, 0.15) is 0 Å². The van der Waals surface area contributed by atoms with Crippen molar-refractivity contribution in [2.75, 3.05) is 19.6 Å². The number of hydrogen-bond acceptors (Lipinski definition) is 2. The minimum Gasteiger partial charge on any atom is -0.350 e. The molecule has 23 heavy (non-hydrogen) atoms. The zero-order valence-electron chi connectivity index (χ0n) is 13.6. The van der Waals surface area contributed by atoms with Gasteiger partial charge in [-0.3, -0.25) is 9.69 Å². The van der Waals surface area contributed by atoms with Gasteiger partial charge in [0.05, 0.1) is 6.04 Å². The number of halogens is 1. The van der Waals surface area contributed by atoms with E-state index in [0.29, 0.717) is 12.1 Å². The Kier molecular flexibility index (Phi) is 6.63. The Morgan fingerprint density at radius 2 is 1.65 bits per heavy atom. The molecule has 1 N–H and O–H groups in total. The Labute approximate surface area is 143 Å². The molecule has 0 spiro atoms. The highest BCUT2D eigenvalue weighted by Crippen LogP contribution is 2.27. The third-order valence-corrected chi connectivity index (χ3v) is 4.35. The molecule has 3 nitrogen and oxygen atoms in total. The van der Waals surface area contributed by atoms with Crippen molar-refractivity contribution in [3.63, 3.8) is 0 Å². The molecule has 2 aromatic carbocycles. The lowest BCUT2D eigenvalue weighted by Gasteiger charge is -2.31. The monoisotopic (exact) mass is 330 g/mol. The maximum absolute atomic E-state index is 12.3. The van der Waals surface area contributed by atoms with Crippen LogP contribution in [0.3, 0.4) is 0 Å². The van der Waals surface area contributed by atoms with E-state index in [1.807, 2.05) is 54.6 Å². The molecular weight excluding hydrogens is 308 g/mol. The highest BCUT2D eigenvalue weighted by atomic mass is 35.5. The van der Waals surface area contributed by atoms with Crippen LogP contribution in [0.4, 0.5) is 0 Å². The molecule has 1 amide bonds. The largest absolute Gasteiger partial charge is 0.350 e. The molecule has 0 aliphatic rings. The molecule has 0 bridgehead atoms. The first-order valence-corrected chi connectivity index (χ1v) is 8.36. The van der Waals surface area contributed by atoms with E-state index in [1.54, 1.807) is 0 Å². The highest BCUT2D eigenvalue weighted by molar-refractivity contribution is 6.31. The van der Waals surface area contributed by atoms with Crippen LogP contribution in [-0.2, 0) is 0 Å². The standard InChI is InChI=1S/C19H23ClN2O/c1-3-22(4-2)18(16-12-8-9-13-17(16)20)14-21-19(23)15-10-6-5-7-11-15/h5-13,18H,3-4,14H2,1-2H3,(H,21,23). The topological polar surface area (TPSA) is 32.3 Å². The molecule has 0 aliphatic heterocycles. The average Bonchev–Trinajstić information content (AvgIpc) is 2.60. The van der Waals surface area contributed by atoms with Crippen molar-refractivity contribution in [1.82, 2.24) is 10.2 Å². The summed E-state index contributed by atoms with van der Waals surface area (Å²) in [5.74, 6) is -0.0604. The third-order valence-electron chi connectivity index (χ3n) is 4.01. The van der Waals surface area contributed by atoms with Crippen LogP contribution < -0.4 is 5.32 Å². The summed E-state index contributed by atoms with van der Waals surface area (Å²) in [5, 5.41) is 3.77. The molecular formula is C19H23ClN2O. The van der Waals surface area contributed by atoms with Crippen LogP contribution in [0.1, 0.15) is 35.8 Å². The summed E-state index contributed by atoms with van der Waals surface area (Å²) in [7, 11) is 0. The van der Waals surface area contributed by atoms with Crippen LogP contribution in [0.2, 0.25) is 5.02 Å². The molecule has 0 aromatic heterocycles. The summed E-state index contributed by atoms with van der Waals surface area (Å²) in [4.78, 5) is 14.6. The normalized spacial score (nSPS) is 12.2. The second-order valence-electron chi connectivity index (χ2n) is 5.33. The zero-order valence-corrected chi connectivity index (χ0v) is 14.4. The number of rotatable bonds is 7. The van der Waals surface area contributed by atoms with Crippen LogP contribution in [0.15, 0.2) is 54.6 Å². The van der Waals surface area contributed by atoms with Crippen molar-refractivity contribution < 1.29 is 4.79 Å². The lowest BCUT2D eigenvalue weighted by atomic mass is 10.0. The quantitative estimate of drug-likeness (QED) is 0.827. The molecule has 2 aromatic rings. The lowest BCUT2D eigenvalue weighted by molar-refractivity contribution is 0.0935. The van der Waals surface area contributed by atoms with Crippen molar-refractivity contribution in [1.29, 1.82) is 0 Å². The van der Waals surface area contributed by atoms with Gasteiger partial charge in [-0.15, -0.1) is 0 Å². The zero-order chi connectivity index (χ0) is 16.7. The summed E-state index contributed by atoms with van der Waals surface area (Å²) in [6, 6.07) is 17.2. The van der Waals surface area contributed by atoms with Crippen molar-refractivity contribution in [3.05, 3.63) is 70.7 Å². The van der Waals surface area contributed by atoms with Gasteiger partial charge in [-0.1, -0.05) is 61.8 Å². The Hall–Kier alpha value is -1.84. The summed E-state index contributed by atoms with van der Waals surface area (Å²) in [6.45, 7) is 6.55. The number of benzene rings is 2. The van der Waals surface area contributed by atoms with Gasteiger partial charge in [-0.05, 0) is 36.9 Å². The fourth-order valence-corrected chi connectivity index (χ4v) is 2.99. The molecule has 2 rings (SSSR count).